The summed E-state index contributed by atoms with van der Waals surface area (Å²) in [7, 11) is 0. The van der Waals surface area contributed by atoms with E-state index in [0.29, 0.717) is 5.57 Å². The number of nitrogens with zero attached hydrogens (tertiary/aromatic N) is 2. The first-order chi connectivity index (χ1) is 7.30. The Labute approximate surface area is 95.0 Å². The lowest BCUT2D eigenvalue weighted by molar-refractivity contribution is -0.539. The Balaban J connectivity index is 2.58. The van der Waals surface area contributed by atoms with Crippen LogP contribution in [0.4, 0.5) is 0 Å². The highest BCUT2D eigenvalue weighted by Crippen LogP contribution is 2.37. The molecule has 0 aromatic heterocycles. The van der Waals surface area contributed by atoms with Crippen LogP contribution in [0.1, 0.15) is 27.7 Å². The van der Waals surface area contributed by atoms with Gasteiger partial charge in [0.1, 0.15) is 11.1 Å². The van der Waals surface area contributed by atoms with E-state index in [0.717, 1.165) is 9.80 Å². The lowest BCUT2D eigenvalue weighted by Gasteiger charge is -2.32. The van der Waals surface area contributed by atoms with Crippen LogP contribution in [0.15, 0.2) is 29.5 Å². The Hall–Kier alpha value is -1.51. The summed E-state index contributed by atoms with van der Waals surface area (Å²) in [6.45, 7) is 7.11. The van der Waals surface area contributed by atoms with Gasteiger partial charge in [0.15, 0.2) is 5.54 Å². The minimum atomic E-state index is -0.755. The molecule has 2 aliphatic rings. The van der Waals surface area contributed by atoms with E-state index in [1.165, 1.54) is 0 Å². The number of rotatable bonds is 1. The fraction of sp³-hybridized carbons (Fsp3) is 0.500. The first-order valence-corrected chi connectivity index (χ1v) is 5.25. The summed E-state index contributed by atoms with van der Waals surface area (Å²) in [4.78, 5) is 0. The largest absolute Gasteiger partial charge is 0.714 e. The van der Waals surface area contributed by atoms with Crippen LogP contribution in [0.3, 0.4) is 0 Å². The maximum atomic E-state index is 12.2. The van der Waals surface area contributed by atoms with Gasteiger partial charge in [0.25, 0.3) is 0 Å². The maximum Gasteiger partial charge on any atom is 0.324 e. The van der Waals surface area contributed by atoms with Gasteiger partial charge in [-0.15, -0.1) is 5.73 Å². The molecule has 16 heavy (non-hydrogen) atoms. The second-order valence-corrected chi connectivity index (χ2v) is 5.11. The van der Waals surface area contributed by atoms with E-state index in [9.17, 15) is 10.4 Å². The summed E-state index contributed by atoms with van der Waals surface area (Å²) in [6.07, 6.45) is 5.19. The van der Waals surface area contributed by atoms with E-state index in [-0.39, 0.29) is 5.84 Å². The third kappa shape index (κ3) is 1.11. The fourth-order valence-corrected chi connectivity index (χ4v) is 1.80. The molecule has 1 aliphatic heterocycles. The summed E-state index contributed by atoms with van der Waals surface area (Å²) < 4.78 is 0.797. The third-order valence-electron chi connectivity index (χ3n) is 3.74. The number of allylic oxidation sites excluding steroid dienone is 1. The van der Waals surface area contributed by atoms with E-state index in [1.807, 2.05) is 0 Å². The van der Waals surface area contributed by atoms with Crippen molar-refractivity contribution < 1.29 is 9.95 Å². The smallest absolute Gasteiger partial charge is 0.324 e. The molecule has 0 unspecified atom stereocenters. The Kier molecular flexibility index (Phi) is 2.06. The van der Waals surface area contributed by atoms with Crippen LogP contribution in [0.5, 0.6) is 0 Å². The molecule has 1 heterocycles. The van der Waals surface area contributed by atoms with Crippen molar-refractivity contribution in [3.63, 3.8) is 0 Å². The van der Waals surface area contributed by atoms with Gasteiger partial charge < -0.3 is 5.21 Å². The average molecular weight is 219 g/mol. The number of hydrogen-bond acceptors (Lipinski definition) is 2. The lowest BCUT2D eigenvalue weighted by atomic mass is 9.84. The van der Waals surface area contributed by atoms with Crippen LogP contribution in [-0.4, -0.2) is 26.7 Å². The maximum absolute atomic E-state index is 12.2. The average Bonchev–Trinajstić information content (AvgIpc) is 2.73. The number of hydrogen-bond donors (Lipinski definition) is 0. The number of hydroxylamine groups is 3. The molecule has 0 spiro atoms. The minimum absolute atomic E-state index is 0.153. The van der Waals surface area contributed by atoms with Gasteiger partial charge in [-0.1, -0.05) is 11.1 Å². The molecule has 0 N–H and O–H groups in total. The lowest BCUT2D eigenvalue weighted by Crippen LogP contribution is -2.53. The van der Waals surface area contributed by atoms with Crippen LogP contribution in [-0.2, 0) is 5.21 Å². The van der Waals surface area contributed by atoms with Crippen LogP contribution >= 0.6 is 0 Å². The Morgan fingerprint density at radius 3 is 2.38 bits per heavy atom. The van der Waals surface area contributed by atoms with Crippen molar-refractivity contribution in [2.45, 2.75) is 38.8 Å². The molecule has 1 radical (unpaired) electrons. The van der Waals surface area contributed by atoms with E-state index < -0.39 is 11.1 Å². The molecule has 1 aliphatic carbocycles. The normalized spacial score (nSPS) is 25.6. The highest BCUT2D eigenvalue weighted by molar-refractivity contribution is 5.98. The standard InChI is InChI=1S/C12H15N2O2/c1-11(2)12(3,4)14(16)10(13(11)15)9-7-5-6-8-9/h5-7H,1-4H3. The van der Waals surface area contributed by atoms with Gasteiger partial charge in [0.05, 0.1) is 0 Å². The van der Waals surface area contributed by atoms with Crippen molar-refractivity contribution in [3.8, 4) is 0 Å². The molecule has 0 atom stereocenters. The predicted molar refractivity (Wildman–Crippen MR) is 60.1 cm³/mol. The summed E-state index contributed by atoms with van der Waals surface area (Å²) in [5.41, 5.74) is 1.94. The second-order valence-electron chi connectivity index (χ2n) is 5.11. The summed E-state index contributed by atoms with van der Waals surface area (Å²) in [6, 6.07) is 0. The zero-order chi connectivity index (χ0) is 12.1. The van der Waals surface area contributed by atoms with Crippen molar-refractivity contribution in [2.75, 3.05) is 0 Å². The van der Waals surface area contributed by atoms with E-state index in [1.54, 1.807) is 45.9 Å². The molecule has 0 saturated heterocycles. The topological polar surface area (TPSA) is 49.2 Å². The van der Waals surface area contributed by atoms with Crippen molar-refractivity contribution in [1.29, 1.82) is 0 Å². The molecule has 0 aromatic carbocycles. The monoisotopic (exact) mass is 219 g/mol. The molecule has 4 nitrogen and oxygen atoms in total. The van der Waals surface area contributed by atoms with E-state index in [4.69, 9.17) is 0 Å². The molecule has 0 saturated carbocycles. The molecule has 2 rings (SSSR count). The molecular weight excluding hydrogens is 204 g/mol. The zero-order valence-corrected chi connectivity index (χ0v) is 9.94. The quantitative estimate of drug-likeness (QED) is 0.383. The highest BCUT2D eigenvalue weighted by Gasteiger charge is 2.60. The molecule has 0 fully saturated rings. The fourth-order valence-electron chi connectivity index (χ4n) is 1.80. The van der Waals surface area contributed by atoms with Crippen LogP contribution < -0.4 is 0 Å². The van der Waals surface area contributed by atoms with E-state index in [2.05, 4.69) is 5.73 Å². The van der Waals surface area contributed by atoms with Gasteiger partial charge in [-0.2, -0.15) is 0 Å². The van der Waals surface area contributed by atoms with Crippen molar-refractivity contribution in [3.05, 3.63) is 34.7 Å². The van der Waals surface area contributed by atoms with Crippen molar-refractivity contribution in [1.82, 2.24) is 5.06 Å². The Morgan fingerprint density at radius 1 is 1.38 bits per heavy atom. The highest BCUT2D eigenvalue weighted by atomic mass is 16.5. The van der Waals surface area contributed by atoms with Gasteiger partial charge in [-0.25, -0.2) is 0 Å². The molecule has 0 aromatic rings. The zero-order valence-electron chi connectivity index (χ0n) is 9.94. The summed E-state index contributed by atoms with van der Waals surface area (Å²) in [5.74, 6) is 0.153. The molecule has 85 valence electrons. The summed E-state index contributed by atoms with van der Waals surface area (Å²) in [5, 5.41) is 25.1. The van der Waals surface area contributed by atoms with Crippen LogP contribution in [0, 0.1) is 5.21 Å². The second kappa shape index (κ2) is 3.00. The van der Waals surface area contributed by atoms with Gasteiger partial charge >= 0.3 is 5.84 Å². The minimum Gasteiger partial charge on any atom is -0.714 e. The first kappa shape index (κ1) is 11.0. The van der Waals surface area contributed by atoms with Crippen LogP contribution in [0.25, 0.3) is 0 Å². The van der Waals surface area contributed by atoms with Crippen molar-refractivity contribution >= 4 is 5.84 Å². The predicted octanol–water partition coefficient (Wildman–Crippen LogP) is 1.76. The summed E-state index contributed by atoms with van der Waals surface area (Å²) >= 11 is 0. The van der Waals surface area contributed by atoms with Gasteiger partial charge in [0, 0.05) is 5.21 Å². The van der Waals surface area contributed by atoms with Gasteiger partial charge in [-0.05, 0) is 39.8 Å². The van der Waals surface area contributed by atoms with E-state index >= 15 is 0 Å². The van der Waals surface area contributed by atoms with Gasteiger partial charge in [0.2, 0.25) is 0 Å². The van der Waals surface area contributed by atoms with Crippen molar-refractivity contribution in [2.24, 2.45) is 0 Å². The van der Waals surface area contributed by atoms with Crippen LogP contribution in [0.2, 0.25) is 0 Å². The first-order valence-electron chi connectivity index (χ1n) is 5.25. The third-order valence-corrected chi connectivity index (χ3v) is 3.74. The molecular formula is C12H15N2O2. The number of amidine groups is 1. The SMILES string of the molecule is CC1(C)N([O])C(C2=C=CC=C2)=[N+]([O-])C1(C)C. The molecule has 0 bridgehead atoms. The molecule has 4 heteroatoms. The Bertz CT molecular complexity index is 463. The van der Waals surface area contributed by atoms with Gasteiger partial charge in [-0.3, -0.25) is 4.74 Å². The molecule has 0 amide bonds. The Morgan fingerprint density at radius 2 is 2.00 bits per heavy atom.